The highest BCUT2D eigenvalue weighted by atomic mass is 79.9. The van der Waals surface area contributed by atoms with Crippen LogP contribution in [0.25, 0.3) is 0 Å². The largest absolute Gasteiger partial charge is 0.483 e. The maximum absolute atomic E-state index is 11.6. The topological polar surface area (TPSA) is 107 Å². The van der Waals surface area contributed by atoms with Gasteiger partial charge in [0.2, 0.25) is 0 Å². The fourth-order valence-electron chi connectivity index (χ4n) is 1.45. The van der Waals surface area contributed by atoms with Gasteiger partial charge in [0.15, 0.2) is 12.4 Å². The second kappa shape index (κ2) is 7.88. The van der Waals surface area contributed by atoms with Gasteiger partial charge in [0.1, 0.15) is 10.7 Å². The molecule has 1 amide bonds. The summed E-state index contributed by atoms with van der Waals surface area (Å²) in [4.78, 5) is 21.4. The number of halogens is 2. The molecule has 0 unspecified atom stereocenters. The van der Waals surface area contributed by atoms with Gasteiger partial charge in [-0.2, -0.15) is 5.10 Å². The average Bonchev–Trinajstić information content (AvgIpc) is 2.95. The van der Waals surface area contributed by atoms with E-state index in [0.29, 0.717) is 10.2 Å². The van der Waals surface area contributed by atoms with Gasteiger partial charge < -0.3 is 9.15 Å². The van der Waals surface area contributed by atoms with Crippen molar-refractivity contribution in [3.8, 4) is 5.75 Å². The van der Waals surface area contributed by atoms with E-state index in [-0.39, 0.29) is 12.4 Å². The van der Waals surface area contributed by atoms with Crippen LogP contribution in [0.2, 0.25) is 0 Å². The van der Waals surface area contributed by atoms with E-state index < -0.39 is 16.7 Å². The van der Waals surface area contributed by atoms with E-state index in [9.17, 15) is 14.9 Å². The smallest absolute Gasteiger partial charge is 0.433 e. The number of hydrazone groups is 1. The first-order chi connectivity index (χ1) is 11.0. The van der Waals surface area contributed by atoms with Crippen molar-refractivity contribution in [1.29, 1.82) is 0 Å². The summed E-state index contributed by atoms with van der Waals surface area (Å²) in [5.74, 6) is -0.235. The number of carbonyl (C=O) groups excluding carboxylic acids is 1. The zero-order valence-corrected chi connectivity index (χ0v) is 14.5. The lowest BCUT2D eigenvalue weighted by molar-refractivity contribution is -0.402. The molecule has 0 aliphatic carbocycles. The Morgan fingerprint density at radius 2 is 2.17 bits per heavy atom. The molecule has 1 N–H and O–H groups in total. The first-order valence-electron chi connectivity index (χ1n) is 6.09. The highest BCUT2D eigenvalue weighted by molar-refractivity contribution is 9.11. The summed E-state index contributed by atoms with van der Waals surface area (Å²) in [6.07, 6.45) is 1.15. The molecule has 0 saturated heterocycles. The summed E-state index contributed by atoms with van der Waals surface area (Å²) < 4.78 is 11.7. The minimum atomic E-state index is -0.667. The summed E-state index contributed by atoms with van der Waals surface area (Å²) in [7, 11) is 0. The van der Waals surface area contributed by atoms with Gasteiger partial charge in [-0.05, 0) is 40.2 Å². The summed E-state index contributed by atoms with van der Waals surface area (Å²) in [5.41, 5.74) is 2.22. The maximum Gasteiger partial charge on any atom is 0.433 e. The Labute approximate surface area is 146 Å². The first kappa shape index (κ1) is 17.2. The lowest BCUT2D eigenvalue weighted by Gasteiger charge is -2.07. The average molecular weight is 447 g/mol. The molecule has 0 saturated carbocycles. The maximum atomic E-state index is 11.6. The molecule has 0 aliphatic heterocycles. The van der Waals surface area contributed by atoms with E-state index >= 15 is 0 Å². The lowest BCUT2D eigenvalue weighted by Crippen LogP contribution is -2.24. The summed E-state index contributed by atoms with van der Waals surface area (Å²) in [6, 6.07) is 7.82. The molecule has 1 aromatic carbocycles. The van der Waals surface area contributed by atoms with Crippen LogP contribution in [-0.4, -0.2) is 23.7 Å². The minimum absolute atomic E-state index is 0.147. The highest BCUT2D eigenvalue weighted by Gasteiger charge is 2.10. The molecule has 0 radical (unpaired) electrons. The third-order valence-electron chi connectivity index (χ3n) is 2.43. The first-order valence-corrected chi connectivity index (χ1v) is 7.68. The van der Waals surface area contributed by atoms with Crippen molar-refractivity contribution in [2.45, 2.75) is 0 Å². The lowest BCUT2D eigenvalue weighted by atomic mass is 10.3. The van der Waals surface area contributed by atoms with E-state index in [1.807, 2.05) is 0 Å². The molecule has 0 atom stereocenters. The molecule has 8 nitrogen and oxygen atoms in total. The second-order valence-electron chi connectivity index (χ2n) is 4.09. The third-order valence-corrected chi connectivity index (χ3v) is 3.54. The number of hydrogen-bond acceptors (Lipinski definition) is 6. The van der Waals surface area contributed by atoms with Crippen molar-refractivity contribution in [1.82, 2.24) is 5.43 Å². The standard InChI is InChI=1S/C13H9Br2N3O5/c14-8-1-3-11(10(15)5-8)22-7-12(19)17-16-6-9-2-4-13(23-9)18(20)21/h1-6H,7H2,(H,17,19). The Hall–Kier alpha value is -2.20. The van der Waals surface area contributed by atoms with Gasteiger partial charge in [-0.15, -0.1) is 0 Å². The normalized spacial score (nSPS) is 10.7. The fraction of sp³-hybridized carbons (Fsp3) is 0.0769. The van der Waals surface area contributed by atoms with Gasteiger partial charge in [-0.1, -0.05) is 15.9 Å². The van der Waals surface area contributed by atoms with Gasteiger partial charge in [-0.25, -0.2) is 5.43 Å². The van der Waals surface area contributed by atoms with Crippen LogP contribution in [0.5, 0.6) is 5.75 Å². The molecule has 0 bridgehead atoms. The zero-order chi connectivity index (χ0) is 16.8. The quantitative estimate of drug-likeness (QED) is 0.416. The number of carbonyl (C=O) groups is 1. The molecule has 2 rings (SSSR count). The molecule has 1 heterocycles. The van der Waals surface area contributed by atoms with Crippen molar-refractivity contribution in [2.24, 2.45) is 5.10 Å². The van der Waals surface area contributed by atoms with E-state index in [1.54, 1.807) is 18.2 Å². The molecular formula is C13H9Br2N3O5. The Morgan fingerprint density at radius 3 is 2.83 bits per heavy atom. The number of hydrogen-bond donors (Lipinski definition) is 1. The van der Waals surface area contributed by atoms with Crippen LogP contribution in [0, 0.1) is 10.1 Å². The Kier molecular flexibility index (Phi) is 5.88. The van der Waals surface area contributed by atoms with Crippen molar-refractivity contribution in [3.63, 3.8) is 0 Å². The van der Waals surface area contributed by atoms with Gasteiger partial charge in [0.25, 0.3) is 5.91 Å². The van der Waals surface area contributed by atoms with Crippen LogP contribution in [-0.2, 0) is 4.79 Å². The number of rotatable bonds is 6. The van der Waals surface area contributed by atoms with Crippen LogP contribution in [0.3, 0.4) is 0 Å². The van der Waals surface area contributed by atoms with Crippen LogP contribution in [0.4, 0.5) is 5.88 Å². The number of nitrogens with zero attached hydrogens (tertiary/aromatic N) is 2. The number of amides is 1. The van der Waals surface area contributed by atoms with Crippen molar-refractivity contribution < 1.29 is 18.9 Å². The van der Waals surface area contributed by atoms with Crippen molar-refractivity contribution in [3.05, 3.63) is 55.2 Å². The van der Waals surface area contributed by atoms with Crippen molar-refractivity contribution >= 4 is 49.9 Å². The van der Waals surface area contributed by atoms with Crippen LogP contribution in [0.1, 0.15) is 5.76 Å². The molecule has 120 valence electrons. The molecule has 2 aromatic rings. The Balaban J connectivity index is 1.82. The zero-order valence-electron chi connectivity index (χ0n) is 11.4. The van der Waals surface area contributed by atoms with E-state index in [4.69, 9.17) is 9.15 Å². The van der Waals surface area contributed by atoms with E-state index in [2.05, 4.69) is 42.4 Å². The molecule has 0 spiro atoms. The van der Waals surface area contributed by atoms with Gasteiger partial charge >= 0.3 is 5.88 Å². The van der Waals surface area contributed by atoms with Crippen LogP contribution < -0.4 is 10.2 Å². The van der Waals surface area contributed by atoms with Crippen LogP contribution >= 0.6 is 31.9 Å². The van der Waals surface area contributed by atoms with Crippen molar-refractivity contribution in [2.75, 3.05) is 6.61 Å². The molecule has 0 aliphatic rings. The predicted octanol–water partition coefficient (Wildman–Crippen LogP) is 3.24. The monoisotopic (exact) mass is 445 g/mol. The van der Waals surface area contributed by atoms with Gasteiger partial charge in [0, 0.05) is 4.47 Å². The number of nitro groups is 1. The minimum Gasteiger partial charge on any atom is -0.483 e. The number of benzene rings is 1. The van der Waals surface area contributed by atoms with E-state index in [1.165, 1.54) is 12.1 Å². The predicted molar refractivity (Wildman–Crippen MR) is 88.4 cm³/mol. The molecule has 10 heteroatoms. The summed E-state index contributed by atoms with van der Waals surface area (Å²) in [5, 5.41) is 14.1. The SMILES string of the molecule is O=C(COc1ccc(Br)cc1Br)NN=Cc1ccc([N+](=O)[O-])o1. The second-order valence-corrected chi connectivity index (χ2v) is 5.86. The summed E-state index contributed by atoms with van der Waals surface area (Å²) in [6.45, 7) is -0.240. The number of furan rings is 1. The highest BCUT2D eigenvalue weighted by Crippen LogP contribution is 2.28. The molecule has 0 fully saturated rings. The molecule has 1 aromatic heterocycles. The van der Waals surface area contributed by atoms with Crippen LogP contribution in [0.15, 0.2) is 48.8 Å². The molecule has 23 heavy (non-hydrogen) atoms. The number of nitrogens with one attached hydrogen (secondary N) is 1. The Bertz CT molecular complexity index is 760. The van der Waals surface area contributed by atoms with E-state index in [0.717, 1.165) is 10.7 Å². The molecular weight excluding hydrogens is 438 g/mol. The fourth-order valence-corrected chi connectivity index (χ4v) is 2.61. The summed E-state index contributed by atoms with van der Waals surface area (Å²) >= 11 is 6.62. The van der Waals surface area contributed by atoms with Gasteiger partial charge in [-0.3, -0.25) is 14.9 Å². The van der Waals surface area contributed by atoms with Gasteiger partial charge in [0.05, 0.1) is 16.8 Å². The Morgan fingerprint density at radius 1 is 1.39 bits per heavy atom. The number of ether oxygens (including phenoxy) is 1. The third kappa shape index (κ3) is 5.18.